The van der Waals surface area contributed by atoms with Crippen molar-refractivity contribution in [1.82, 2.24) is 4.90 Å². The number of benzene rings is 2. The number of nitrogens with zero attached hydrogens (tertiary/aromatic N) is 1. The fourth-order valence-electron chi connectivity index (χ4n) is 3.67. The lowest BCUT2D eigenvalue weighted by Gasteiger charge is -2.32. The van der Waals surface area contributed by atoms with E-state index in [1.54, 1.807) is 26.4 Å². The number of anilines is 1. The van der Waals surface area contributed by atoms with Crippen LogP contribution in [0.2, 0.25) is 5.02 Å². The van der Waals surface area contributed by atoms with E-state index in [0.717, 1.165) is 32.5 Å². The molecule has 0 spiro atoms. The first-order valence-electron chi connectivity index (χ1n) is 9.50. The van der Waals surface area contributed by atoms with Gasteiger partial charge < -0.3 is 14.8 Å². The SMILES string of the molecule is COc1cc(NC(=O)C2CCCN(Cc3cccc(C)c3)C2)c(OC)cc1Cl. The second kappa shape index (κ2) is 9.30. The summed E-state index contributed by atoms with van der Waals surface area (Å²) >= 11 is 6.15. The van der Waals surface area contributed by atoms with E-state index in [-0.39, 0.29) is 11.8 Å². The minimum Gasteiger partial charge on any atom is -0.495 e. The minimum absolute atomic E-state index is 0.00313. The number of nitrogens with one attached hydrogen (secondary N) is 1. The van der Waals surface area contributed by atoms with Crippen LogP contribution in [0.15, 0.2) is 36.4 Å². The van der Waals surface area contributed by atoms with Crippen molar-refractivity contribution >= 4 is 23.2 Å². The van der Waals surface area contributed by atoms with Crippen LogP contribution in [-0.4, -0.2) is 38.1 Å². The van der Waals surface area contributed by atoms with Crippen LogP contribution in [0.3, 0.4) is 0 Å². The first-order chi connectivity index (χ1) is 13.5. The molecule has 28 heavy (non-hydrogen) atoms. The fraction of sp³-hybridized carbons (Fsp3) is 0.409. The molecule has 5 nitrogen and oxygen atoms in total. The number of carbonyl (C=O) groups excluding carboxylic acids is 1. The number of amides is 1. The standard InChI is InChI=1S/C22H27ClN2O3/c1-15-6-4-7-16(10-15)13-25-9-5-8-17(14-25)22(26)24-19-12-20(27-2)18(23)11-21(19)28-3/h4,6-7,10-12,17H,5,8-9,13-14H2,1-3H3,(H,24,26). The molecular weight excluding hydrogens is 376 g/mol. The van der Waals surface area contributed by atoms with Crippen molar-refractivity contribution in [2.45, 2.75) is 26.3 Å². The molecule has 1 saturated heterocycles. The van der Waals surface area contributed by atoms with E-state index in [4.69, 9.17) is 21.1 Å². The Kier molecular flexibility index (Phi) is 6.81. The highest BCUT2D eigenvalue weighted by atomic mass is 35.5. The topological polar surface area (TPSA) is 50.8 Å². The molecule has 0 bridgehead atoms. The third-order valence-electron chi connectivity index (χ3n) is 5.10. The molecule has 1 amide bonds. The molecule has 6 heteroatoms. The summed E-state index contributed by atoms with van der Waals surface area (Å²) in [6, 6.07) is 11.9. The molecule has 1 heterocycles. The number of ether oxygens (including phenoxy) is 2. The Morgan fingerprint density at radius 3 is 2.71 bits per heavy atom. The second-order valence-electron chi connectivity index (χ2n) is 7.24. The first-order valence-corrected chi connectivity index (χ1v) is 9.88. The summed E-state index contributed by atoms with van der Waals surface area (Å²) < 4.78 is 10.6. The molecule has 3 rings (SSSR count). The lowest BCUT2D eigenvalue weighted by Crippen LogP contribution is -2.40. The summed E-state index contributed by atoms with van der Waals surface area (Å²) in [6.45, 7) is 4.72. The van der Waals surface area contributed by atoms with E-state index in [1.807, 2.05) is 0 Å². The average Bonchev–Trinajstić information content (AvgIpc) is 2.69. The summed E-state index contributed by atoms with van der Waals surface area (Å²) in [5.41, 5.74) is 3.11. The van der Waals surface area contributed by atoms with E-state index in [0.29, 0.717) is 22.2 Å². The zero-order valence-electron chi connectivity index (χ0n) is 16.6. The van der Waals surface area contributed by atoms with Crippen molar-refractivity contribution in [3.05, 3.63) is 52.5 Å². The summed E-state index contributed by atoms with van der Waals surface area (Å²) in [7, 11) is 3.10. The first kappa shape index (κ1) is 20.5. The van der Waals surface area contributed by atoms with Gasteiger partial charge in [-0.3, -0.25) is 9.69 Å². The van der Waals surface area contributed by atoms with Gasteiger partial charge in [0.2, 0.25) is 5.91 Å². The van der Waals surface area contributed by atoms with Crippen LogP contribution in [0.25, 0.3) is 0 Å². The van der Waals surface area contributed by atoms with Gasteiger partial charge in [0.25, 0.3) is 0 Å². The van der Waals surface area contributed by atoms with Crippen LogP contribution in [0, 0.1) is 12.8 Å². The molecule has 1 aliphatic rings. The highest BCUT2D eigenvalue weighted by Gasteiger charge is 2.26. The number of hydrogen-bond donors (Lipinski definition) is 1. The van der Waals surface area contributed by atoms with Crippen LogP contribution in [-0.2, 0) is 11.3 Å². The zero-order valence-corrected chi connectivity index (χ0v) is 17.4. The van der Waals surface area contributed by atoms with Gasteiger partial charge in [0.05, 0.1) is 30.8 Å². The van der Waals surface area contributed by atoms with E-state index in [2.05, 4.69) is 41.4 Å². The summed E-state index contributed by atoms with van der Waals surface area (Å²) in [6.07, 6.45) is 1.88. The lowest BCUT2D eigenvalue weighted by atomic mass is 9.96. The molecule has 1 unspecified atom stereocenters. The van der Waals surface area contributed by atoms with E-state index in [1.165, 1.54) is 11.1 Å². The van der Waals surface area contributed by atoms with Crippen molar-refractivity contribution in [2.24, 2.45) is 5.92 Å². The predicted molar refractivity (Wildman–Crippen MR) is 112 cm³/mol. The van der Waals surface area contributed by atoms with Crippen molar-refractivity contribution in [3.8, 4) is 11.5 Å². The monoisotopic (exact) mass is 402 g/mol. The van der Waals surface area contributed by atoms with Gasteiger partial charge >= 0.3 is 0 Å². The van der Waals surface area contributed by atoms with Gasteiger partial charge in [-0.25, -0.2) is 0 Å². The normalized spacial score (nSPS) is 17.2. The molecule has 1 N–H and O–H groups in total. The van der Waals surface area contributed by atoms with Crippen LogP contribution in [0.4, 0.5) is 5.69 Å². The second-order valence-corrected chi connectivity index (χ2v) is 7.65. The summed E-state index contributed by atoms with van der Waals surface area (Å²) in [5.74, 6) is 0.954. The maximum Gasteiger partial charge on any atom is 0.228 e. The van der Waals surface area contributed by atoms with Crippen molar-refractivity contribution < 1.29 is 14.3 Å². The number of rotatable bonds is 6. The van der Waals surface area contributed by atoms with Gasteiger partial charge in [-0.2, -0.15) is 0 Å². The smallest absolute Gasteiger partial charge is 0.228 e. The Morgan fingerprint density at radius 1 is 1.21 bits per heavy atom. The van der Waals surface area contributed by atoms with Crippen molar-refractivity contribution in [3.63, 3.8) is 0 Å². The lowest BCUT2D eigenvalue weighted by molar-refractivity contribution is -0.121. The Labute approximate surface area is 171 Å². The van der Waals surface area contributed by atoms with E-state index in [9.17, 15) is 4.79 Å². The molecule has 150 valence electrons. The van der Waals surface area contributed by atoms with Gasteiger partial charge in [0, 0.05) is 25.2 Å². The van der Waals surface area contributed by atoms with Crippen LogP contribution in [0.5, 0.6) is 11.5 Å². The van der Waals surface area contributed by atoms with Crippen molar-refractivity contribution in [1.29, 1.82) is 0 Å². The Bertz CT molecular complexity index is 841. The molecule has 1 aliphatic heterocycles. The maximum atomic E-state index is 12.9. The van der Waals surface area contributed by atoms with E-state index < -0.39 is 0 Å². The molecule has 1 fully saturated rings. The number of hydrogen-bond acceptors (Lipinski definition) is 4. The van der Waals surface area contributed by atoms with Crippen LogP contribution >= 0.6 is 11.6 Å². The Morgan fingerprint density at radius 2 is 2.00 bits per heavy atom. The minimum atomic E-state index is -0.0649. The fourth-order valence-corrected chi connectivity index (χ4v) is 3.91. The number of methoxy groups -OCH3 is 2. The van der Waals surface area contributed by atoms with Gasteiger partial charge in [0.1, 0.15) is 11.5 Å². The predicted octanol–water partition coefficient (Wildman–Crippen LogP) is 4.52. The highest BCUT2D eigenvalue weighted by molar-refractivity contribution is 6.32. The maximum absolute atomic E-state index is 12.9. The molecule has 2 aromatic rings. The number of piperidine rings is 1. The molecule has 0 saturated carbocycles. The van der Waals surface area contributed by atoms with Gasteiger partial charge in [-0.15, -0.1) is 0 Å². The quantitative estimate of drug-likeness (QED) is 0.772. The highest BCUT2D eigenvalue weighted by Crippen LogP contribution is 2.36. The molecule has 0 aliphatic carbocycles. The van der Waals surface area contributed by atoms with Gasteiger partial charge in [0.15, 0.2) is 0 Å². The number of carbonyl (C=O) groups is 1. The molecular formula is C22H27ClN2O3. The average molecular weight is 403 g/mol. The third-order valence-corrected chi connectivity index (χ3v) is 5.39. The largest absolute Gasteiger partial charge is 0.495 e. The van der Waals surface area contributed by atoms with Gasteiger partial charge in [-0.1, -0.05) is 41.4 Å². The zero-order chi connectivity index (χ0) is 20.1. The summed E-state index contributed by atoms with van der Waals surface area (Å²) in [5, 5.41) is 3.44. The van der Waals surface area contributed by atoms with Gasteiger partial charge in [-0.05, 0) is 31.9 Å². The molecule has 0 radical (unpaired) electrons. The van der Waals surface area contributed by atoms with Crippen molar-refractivity contribution in [2.75, 3.05) is 32.6 Å². The number of halogens is 1. The molecule has 1 atom stereocenters. The number of likely N-dealkylation sites (tertiary alicyclic amines) is 1. The Balaban J connectivity index is 1.67. The molecule has 0 aromatic heterocycles. The van der Waals surface area contributed by atoms with Crippen LogP contribution < -0.4 is 14.8 Å². The molecule has 2 aromatic carbocycles. The third kappa shape index (κ3) is 4.97. The van der Waals surface area contributed by atoms with Crippen LogP contribution in [0.1, 0.15) is 24.0 Å². The number of aryl methyl sites for hydroxylation is 1. The van der Waals surface area contributed by atoms with E-state index >= 15 is 0 Å². The Hall–Kier alpha value is -2.24. The summed E-state index contributed by atoms with van der Waals surface area (Å²) in [4.78, 5) is 15.3.